The largest absolute Gasteiger partial charge is 0.233 e. The summed E-state index contributed by atoms with van der Waals surface area (Å²) in [4.78, 5) is 0. The predicted molar refractivity (Wildman–Crippen MR) is 59.3 cm³/mol. The minimum atomic E-state index is 0.472. The van der Waals surface area contributed by atoms with Gasteiger partial charge in [0.2, 0.25) is 0 Å². The number of rotatable bonds is 2. The topological polar surface area (TPSA) is 41.9 Å². The minimum absolute atomic E-state index is 0.472. The summed E-state index contributed by atoms with van der Waals surface area (Å²) in [6.45, 7) is 0. The Labute approximate surface area is 96.6 Å². The molecule has 0 aliphatic heterocycles. The van der Waals surface area contributed by atoms with Crippen LogP contribution in [0.25, 0.3) is 0 Å². The summed E-state index contributed by atoms with van der Waals surface area (Å²) in [6.07, 6.45) is 1.51. The maximum atomic E-state index is 6.06. The fraction of sp³-hybridized carbons (Fsp3) is 0. The van der Waals surface area contributed by atoms with Crippen molar-refractivity contribution in [3.63, 3.8) is 0 Å². The molecule has 0 N–H and O–H groups in total. The van der Waals surface area contributed by atoms with Crippen molar-refractivity contribution in [3.8, 4) is 0 Å². The first-order chi connectivity index (χ1) is 7.29. The van der Waals surface area contributed by atoms with Gasteiger partial charge >= 0.3 is 0 Å². The zero-order chi connectivity index (χ0) is 10.7. The molecule has 1 aromatic heterocycles. The molecule has 0 bridgehead atoms. The second kappa shape index (κ2) is 4.42. The number of benzene rings is 1. The number of halogens is 2. The maximum Gasteiger partial charge on any atom is 0.173 e. The molecule has 0 atom stereocenters. The standard InChI is InChI=1S/C9H6Cl2N4/c10-7-3-1-2-4-8(7)15(11)9-5-6-12-14-13-9/h1-6H. The van der Waals surface area contributed by atoms with Crippen molar-refractivity contribution in [1.82, 2.24) is 15.4 Å². The molecule has 0 saturated carbocycles. The maximum absolute atomic E-state index is 6.06. The monoisotopic (exact) mass is 240 g/mol. The minimum Gasteiger partial charge on any atom is -0.233 e. The van der Waals surface area contributed by atoms with Crippen LogP contribution in [0.15, 0.2) is 36.5 Å². The van der Waals surface area contributed by atoms with E-state index in [0.717, 1.165) is 0 Å². The lowest BCUT2D eigenvalue weighted by Crippen LogP contribution is -2.05. The van der Waals surface area contributed by atoms with Crippen LogP contribution in [0.4, 0.5) is 11.5 Å². The molecule has 0 amide bonds. The van der Waals surface area contributed by atoms with E-state index in [4.69, 9.17) is 23.4 Å². The number of hydrogen-bond donors (Lipinski definition) is 0. The van der Waals surface area contributed by atoms with E-state index in [1.165, 1.54) is 10.6 Å². The number of anilines is 2. The average molecular weight is 241 g/mol. The van der Waals surface area contributed by atoms with Gasteiger partial charge in [-0.2, -0.15) is 0 Å². The number of para-hydroxylation sites is 1. The molecule has 15 heavy (non-hydrogen) atoms. The van der Waals surface area contributed by atoms with Gasteiger partial charge in [-0.15, -0.1) is 10.2 Å². The van der Waals surface area contributed by atoms with Gasteiger partial charge in [0.15, 0.2) is 5.82 Å². The van der Waals surface area contributed by atoms with Crippen LogP contribution in [-0.2, 0) is 0 Å². The van der Waals surface area contributed by atoms with Gasteiger partial charge in [-0.25, -0.2) is 4.42 Å². The van der Waals surface area contributed by atoms with Crippen molar-refractivity contribution < 1.29 is 0 Å². The molecule has 0 aliphatic carbocycles. The summed E-state index contributed by atoms with van der Waals surface area (Å²) in [7, 11) is 0. The van der Waals surface area contributed by atoms with Crippen molar-refractivity contribution >= 4 is 34.9 Å². The average Bonchev–Trinajstić information content (AvgIpc) is 2.30. The van der Waals surface area contributed by atoms with E-state index in [0.29, 0.717) is 16.5 Å². The molecule has 1 heterocycles. The van der Waals surface area contributed by atoms with E-state index in [2.05, 4.69) is 15.4 Å². The Hall–Kier alpha value is -1.39. The molecule has 2 aromatic rings. The summed E-state index contributed by atoms with van der Waals surface area (Å²) in [5.41, 5.74) is 0.654. The fourth-order valence-corrected chi connectivity index (χ4v) is 1.57. The molecule has 4 nitrogen and oxygen atoms in total. The summed E-state index contributed by atoms with van der Waals surface area (Å²) >= 11 is 12.0. The lowest BCUT2D eigenvalue weighted by atomic mass is 10.3. The quantitative estimate of drug-likeness (QED) is 0.758. The van der Waals surface area contributed by atoms with Gasteiger partial charge in [-0.05, 0) is 17.3 Å². The third kappa shape index (κ3) is 2.16. The van der Waals surface area contributed by atoms with E-state index in [9.17, 15) is 0 Å². The van der Waals surface area contributed by atoms with Crippen molar-refractivity contribution in [2.45, 2.75) is 0 Å². The van der Waals surface area contributed by atoms with Crippen molar-refractivity contribution in [1.29, 1.82) is 0 Å². The molecule has 1 aromatic carbocycles. The van der Waals surface area contributed by atoms with Crippen LogP contribution in [0.3, 0.4) is 0 Å². The lowest BCUT2D eigenvalue weighted by Gasteiger charge is -2.14. The summed E-state index contributed by atoms with van der Waals surface area (Å²) < 4.78 is 1.33. The second-order valence-electron chi connectivity index (χ2n) is 2.71. The van der Waals surface area contributed by atoms with Crippen LogP contribution in [0, 0.1) is 0 Å². The van der Waals surface area contributed by atoms with Crippen LogP contribution < -0.4 is 4.42 Å². The predicted octanol–water partition coefficient (Wildman–Crippen LogP) is 2.82. The molecule has 0 radical (unpaired) electrons. The first-order valence-corrected chi connectivity index (χ1v) is 4.85. The Balaban J connectivity index is 2.37. The van der Waals surface area contributed by atoms with Crippen LogP contribution >= 0.6 is 23.4 Å². The molecule has 0 spiro atoms. The highest BCUT2D eigenvalue weighted by Crippen LogP contribution is 2.31. The Morgan fingerprint density at radius 2 is 1.93 bits per heavy atom. The molecular weight excluding hydrogens is 235 g/mol. The Morgan fingerprint density at radius 1 is 1.13 bits per heavy atom. The third-order valence-electron chi connectivity index (χ3n) is 1.75. The van der Waals surface area contributed by atoms with Gasteiger partial charge in [-0.1, -0.05) is 23.7 Å². The molecular formula is C9H6Cl2N4. The first-order valence-electron chi connectivity index (χ1n) is 4.14. The molecule has 0 aliphatic rings. The smallest absolute Gasteiger partial charge is 0.173 e. The third-order valence-corrected chi connectivity index (χ3v) is 2.43. The van der Waals surface area contributed by atoms with Crippen molar-refractivity contribution in [3.05, 3.63) is 41.6 Å². The zero-order valence-corrected chi connectivity index (χ0v) is 9.02. The van der Waals surface area contributed by atoms with Crippen LogP contribution in [-0.4, -0.2) is 15.4 Å². The Kier molecular flexibility index (Phi) is 2.99. The van der Waals surface area contributed by atoms with E-state index in [1.54, 1.807) is 18.2 Å². The lowest BCUT2D eigenvalue weighted by molar-refractivity contribution is 0.864. The second-order valence-corrected chi connectivity index (χ2v) is 3.46. The molecule has 2 rings (SSSR count). The highest BCUT2D eigenvalue weighted by molar-refractivity contribution is 6.37. The van der Waals surface area contributed by atoms with Crippen LogP contribution in [0.1, 0.15) is 0 Å². The van der Waals surface area contributed by atoms with Gasteiger partial charge < -0.3 is 0 Å². The molecule has 0 unspecified atom stereocenters. The van der Waals surface area contributed by atoms with Crippen molar-refractivity contribution in [2.75, 3.05) is 4.42 Å². The van der Waals surface area contributed by atoms with Crippen LogP contribution in [0.2, 0.25) is 5.02 Å². The Morgan fingerprint density at radius 3 is 2.60 bits per heavy atom. The number of hydrogen-bond acceptors (Lipinski definition) is 4. The normalized spacial score (nSPS) is 10.0. The highest BCUT2D eigenvalue weighted by atomic mass is 35.5. The summed E-state index contributed by atoms with van der Waals surface area (Å²) in [5.74, 6) is 0.472. The zero-order valence-electron chi connectivity index (χ0n) is 7.51. The fourth-order valence-electron chi connectivity index (χ4n) is 1.07. The van der Waals surface area contributed by atoms with Gasteiger partial charge in [0, 0.05) is 17.8 Å². The highest BCUT2D eigenvalue weighted by Gasteiger charge is 2.10. The molecule has 0 saturated heterocycles. The molecule has 0 fully saturated rings. The van der Waals surface area contributed by atoms with Gasteiger partial charge in [0.1, 0.15) is 0 Å². The van der Waals surface area contributed by atoms with Crippen LogP contribution in [0.5, 0.6) is 0 Å². The number of aromatic nitrogens is 3. The summed E-state index contributed by atoms with van der Waals surface area (Å²) in [5, 5.41) is 11.4. The van der Waals surface area contributed by atoms with Gasteiger partial charge in [0.05, 0.1) is 16.9 Å². The SMILES string of the molecule is Clc1ccccc1N(Cl)c1ccnnn1. The van der Waals surface area contributed by atoms with E-state index >= 15 is 0 Å². The van der Waals surface area contributed by atoms with E-state index < -0.39 is 0 Å². The van der Waals surface area contributed by atoms with Crippen molar-refractivity contribution in [2.24, 2.45) is 0 Å². The van der Waals surface area contributed by atoms with E-state index in [1.807, 2.05) is 12.1 Å². The Bertz CT molecular complexity index is 449. The number of nitrogens with zero attached hydrogens (tertiary/aromatic N) is 4. The van der Waals surface area contributed by atoms with Gasteiger partial charge in [0.25, 0.3) is 0 Å². The molecule has 76 valence electrons. The van der Waals surface area contributed by atoms with E-state index in [-0.39, 0.29) is 0 Å². The summed E-state index contributed by atoms with van der Waals surface area (Å²) in [6, 6.07) is 8.85. The first kappa shape index (κ1) is 10.1. The molecule has 6 heteroatoms. The van der Waals surface area contributed by atoms with Gasteiger partial charge in [-0.3, -0.25) is 0 Å².